The van der Waals surface area contributed by atoms with Crippen molar-refractivity contribution in [2.45, 2.75) is 19.1 Å². The Bertz CT molecular complexity index is 1310. The Balaban J connectivity index is 1.52. The number of nitrogens with zero attached hydrogens (tertiary/aromatic N) is 3. The molecular formula is C26H23ClCoF3N4O-. The minimum atomic E-state index is -4.33. The molecule has 1 aliphatic rings. The van der Waals surface area contributed by atoms with E-state index in [1.165, 1.54) is 22.1 Å². The van der Waals surface area contributed by atoms with Crippen LogP contribution in [0.3, 0.4) is 0 Å². The van der Waals surface area contributed by atoms with Gasteiger partial charge in [-0.25, -0.2) is 0 Å². The molecule has 191 valence electrons. The number of urea groups is 1. The average Bonchev–Trinajstić information content (AvgIpc) is 2.86. The molecule has 36 heavy (non-hydrogen) atoms. The van der Waals surface area contributed by atoms with Gasteiger partial charge in [0.05, 0.1) is 5.56 Å². The van der Waals surface area contributed by atoms with Crippen molar-refractivity contribution in [2.24, 2.45) is 0 Å². The first-order chi connectivity index (χ1) is 17.2. The van der Waals surface area contributed by atoms with Crippen LogP contribution in [-0.4, -0.2) is 40.6 Å². The Kier molecular flexibility index (Phi) is 8.14. The molecule has 2 amide bonds. The summed E-state index contributed by atoms with van der Waals surface area (Å²) >= 11 is 10.8. The van der Waals surface area contributed by atoms with Gasteiger partial charge in [-0.05, 0) is 17.7 Å². The number of pyridine rings is 1. The van der Waals surface area contributed by atoms with Gasteiger partial charge in [0, 0.05) is 6.54 Å². The fraction of sp³-hybridized carbons (Fsp3) is 0.231. The zero-order valence-electron chi connectivity index (χ0n) is 19.1. The third-order valence-electron chi connectivity index (χ3n) is 6.06. The van der Waals surface area contributed by atoms with E-state index in [9.17, 15) is 18.0 Å². The fourth-order valence-corrected chi connectivity index (χ4v) is 4.64. The summed E-state index contributed by atoms with van der Waals surface area (Å²) < 4.78 is 38.4. The zero-order chi connectivity index (χ0) is 25.9. The van der Waals surface area contributed by atoms with E-state index >= 15 is 0 Å². The van der Waals surface area contributed by atoms with Crippen LogP contribution in [0, 0.1) is 6.92 Å². The van der Waals surface area contributed by atoms with Crippen molar-refractivity contribution in [3.05, 3.63) is 83.4 Å². The number of amides is 2. The van der Waals surface area contributed by atoms with Gasteiger partial charge in [-0.3, -0.25) is 4.90 Å². The third kappa shape index (κ3) is 5.81. The SMILES string of the molecule is [CH2-]CN(C(=O)N[CH]=[Co])c1cnc2ccc(C3=CCN(Cc4ccc(C(F)(F)F)cc4)CC3)c(Cl)c2c1. The summed E-state index contributed by atoms with van der Waals surface area (Å²) in [5.74, 6) is 0. The molecule has 3 aromatic rings. The van der Waals surface area contributed by atoms with E-state index < -0.39 is 11.7 Å². The molecule has 0 saturated heterocycles. The number of hydrogen-bond donors (Lipinski definition) is 1. The van der Waals surface area contributed by atoms with Crippen molar-refractivity contribution >= 4 is 44.9 Å². The number of rotatable bonds is 6. The van der Waals surface area contributed by atoms with E-state index in [0.717, 1.165) is 47.2 Å². The van der Waals surface area contributed by atoms with E-state index in [1.807, 2.05) is 18.2 Å². The normalized spacial score (nSPS) is 14.4. The van der Waals surface area contributed by atoms with Gasteiger partial charge >= 0.3 is 160 Å². The standard InChI is InChI=1S/C26H23ClF3N4O.Co/c1-3-34(25(35)31-2)20-14-22-23(32-15-20)9-8-21(24(22)27)18-10-12-33(13-11-18)16-17-4-6-19(7-5-17)26(28,29)30;/h2,4-10,14-15H,1,3,11-13,16H2,(H,31,35);/q-1;. The second-order valence-electron chi connectivity index (χ2n) is 8.29. The number of anilines is 1. The van der Waals surface area contributed by atoms with Crippen molar-refractivity contribution in [3.63, 3.8) is 0 Å². The molecule has 10 heteroatoms. The quantitative estimate of drug-likeness (QED) is 0.386. The zero-order valence-corrected chi connectivity index (χ0v) is 20.9. The Morgan fingerprint density at radius 2 is 2.00 bits per heavy atom. The number of hydrogen-bond acceptors (Lipinski definition) is 3. The van der Waals surface area contributed by atoms with Crippen molar-refractivity contribution in [2.75, 3.05) is 24.5 Å². The molecule has 0 atom stereocenters. The van der Waals surface area contributed by atoms with Crippen LogP contribution in [0.5, 0.6) is 0 Å². The summed E-state index contributed by atoms with van der Waals surface area (Å²) in [5, 5.41) is 5.03. The van der Waals surface area contributed by atoms with Crippen molar-refractivity contribution in [3.8, 4) is 0 Å². The molecule has 1 aliphatic heterocycles. The Morgan fingerprint density at radius 3 is 2.61 bits per heavy atom. The first-order valence-electron chi connectivity index (χ1n) is 11.1. The van der Waals surface area contributed by atoms with E-state index in [-0.39, 0.29) is 12.6 Å². The van der Waals surface area contributed by atoms with Gasteiger partial charge in [-0.15, -0.1) is 0 Å². The predicted octanol–water partition coefficient (Wildman–Crippen LogP) is 5.85. The Hall–Kier alpha value is -2.72. The molecule has 4 rings (SSSR count). The van der Waals surface area contributed by atoms with Gasteiger partial charge in [0.1, 0.15) is 0 Å². The maximum absolute atomic E-state index is 12.8. The molecule has 5 nitrogen and oxygen atoms in total. The molecule has 0 fully saturated rings. The number of carbonyl (C=O) groups is 1. The van der Waals surface area contributed by atoms with Crippen LogP contribution < -0.4 is 10.2 Å². The van der Waals surface area contributed by atoms with Gasteiger partial charge in [0.15, 0.2) is 0 Å². The van der Waals surface area contributed by atoms with Crippen molar-refractivity contribution in [1.29, 1.82) is 0 Å². The van der Waals surface area contributed by atoms with Crippen LogP contribution in [0.2, 0.25) is 5.02 Å². The molecule has 2 aromatic carbocycles. The van der Waals surface area contributed by atoms with Gasteiger partial charge in [0.2, 0.25) is 0 Å². The van der Waals surface area contributed by atoms with Gasteiger partial charge in [-0.2, -0.15) is 13.2 Å². The van der Waals surface area contributed by atoms with Crippen LogP contribution in [0.1, 0.15) is 23.1 Å². The van der Waals surface area contributed by atoms with Gasteiger partial charge in [0.25, 0.3) is 0 Å². The Labute approximate surface area is 220 Å². The third-order valence-corrected chi connectivity index (χ3v) is 6.62. The van der Waals surface area contributed by atoms with Crippen molar-refractivity contribution in [1.82, 2.24) is 15.2 Å². The number of nitrogens with one attached hydrogen (secondary N) is 1. The molecular weight excluding hydrogens is 536 g/mol. The number of benzene rings is 2. The summed E-state index contributed by atoms with van der Waals surface area (Å²) in [4.78, 5) is 20.4. The topological polar surface area (TPSA) is 48.5 Å². The van der Waals surface area contributed by atoms with E-state index in [4.69, 9.17) is 11.6 Å². The monoisotopic (exact) mass is 558 g/mol. The summed E-state index contributed by atoms with van der Waals surface area (Å²) in [5.41, 5.74) is 3.44. The van der Waals surface area contributed by atoms with Crippen LogP contribution >= 0.6 is 11.6 Å². The molecule has 0 spiro atoms. The van der Waals surface area contributed by atoms with Crippen LogP contribution in [-0.2, 0) is 28.0 Å². The summed E-state index contributed by atoms with van der Waals surface area (Å²) in [6, 6.07) is 10.6. The number of alkyl halides is 3. The Morgan fingerprint density at radius 1 is 1.25 bits per heavy atom. The maximum atomic E-state index is 12.8. The van der Waals surface area contributed by atoms with Crippen LogP contribution in [0.25, 0.3) is 16.5 Å². The molecule has 0 aliphatic carbocycles. The van der Waals surface area contributed by atoms with Gasteiger partial charge < -0.3 is 0 Å². The number of halogens is 4. The molecule has 0 saturated carbocycles. The number of carbonyl (C=O) groups excluding carboxylic acids is 1. The average molecular weight is 559 g/mol. The summed E-state index contributed by atoms with van der Waals surface area (Å²) in [6.07, 6.45) is 0.0970. The predicted molar refractivity (Wildman–Crippen MR) is 133 cm³/mol. The molecule has 2 heterocycles. The van der Waals surface area contributed by atoms with E-state index in [2.05, 4.69) is 43.5 Å². The summed E-state index contributed by atoms with van der Waals surface area (Å²) in [6.45, 7) is 5.96. The van der Waals surface area contributed by atoms with E-state index in [0.29, 0.717) is 29.3 Å². The van der Waals surface area contributed by atoms with Gasteiger partial charge in [-0.1, -0.05) is 12.1 Å². The molecule has 0 bridgehead atoms. The van der Waals surface area contributed by atoms with E-state index in [1.54, 1.807) is 6.20 Å². The second kappa shape index (κ2) is 11.1. The number of aromatic nitrogens is 1. The molecule has 0 unspecified atom stereocenters. The molecule has 0 radical (unpaired) electrons. The first-order valence-corrected chi connectivity index (χ1v) is 12.1. The number of fused-ring (bicyclic) bond motifs is 1. The fourth-order valence-electron chi connectivity index (χ4n) is 4.17. The minimum absolute atomic E-state index is 0.192. The van der Waals surface area contributed by atoms with Crippen LogP contribution in [0.4, 0.5) is 23.7 Å². The van der Waals surface area contributed by atoms with Crippen LogP contribution in [0.15, 0.2) is 54.7 Å². The van der Waals surface area contributed by atoms with Crippen molar-refractivity contribution < 1.29 is 33.3 Å². The summed E-state index contributed by atoms with van der Waals surface area (Å²) in [7, 11) is 0. The second-order valence-corrected chi connectivity index (χ2v) is 8.97. The first kappa shape index (κ1) is 26.3. The molecule has 1 N–H and O–H groups in total. The molecule has 1 aromatic heterocycles.